The van der Waals surface area contributed by atoms with Crippen LogP contribution in [0.3, 0.4) is 0 Å². The summed E-state index contributed by atoms with van der Waals surface area (Å²) in [5.74, 6) is 0.911. The Hall–Kier alpha value is -0.340. The van der Waals surface area contributed by atoms with Crippen LogP contribution in [0.4, 0.5) is 0 Å². The molecule has 0 bridgehead atoms. The Bertz CT molecular complexity index is 318. The minimum atomic E-state index is 0.764. The quantitative estimate of drug-likeness (QED) is 0.831. The Morgan fingerprint density at radius 1 is 1.38 bits per heavy atom. The monoisotopic (exact) mass is 237 g/mol. The summed E-state index contributed by atoms with van der Waals surface area (Å²) >= 11 is 1.88. The van der Waals surface area contributed by atoms with Crippen molar-refractivity contribution in [3.8, 4) is 0 Å². The zero-order chi connectivity index (χ0) is 11.4. The van der Waals surface area contributed by atoms with Crippen LogP contribution in [0.1, 0.15) is 49.5 Å². The molecule has 1 aliphatic carbocycles. The number of hydrogen-bond donors (Lipinski definition) is 1. The van der Waals surface area contributed by atoms with E-state index in [0.717, 1.165) is 18.5 Å². The number of rotatable bonds is 4. The van der Waals surface area contributed by atoms with E-state index in [1.165, 1.54) is 42.5 Å². The van der Waals surface area contributed by atoms with E-state index in [4.69, 9.17) is 0 Å². The molecule has 2 unspecified atom stereocenters. The predicted molar refractivity (Wildman–Crippen MR) is 71.9 cm³/mol. The molecule has 1 fully saturated rings. The SMILES string of the molecule is CCC1CCCCC1NCc1sccc1C. The number of hydrogen-bond acceptors (Lipinski definition) is 2. The first-order chi connectivity index (χ1) is 7.81. The molecule has 1 nitrogen and oxygen atoms in total. The third-order valence-corrected chi connectivity index (χ3v) is 4.95. The van der Waals surface area contributed by atoms with Crippen molar-refractivity contribution in [3.05, 3.63) is 21.9 Å². The van der Waals surface area contributed by atoms with Gasteiger partial charge in [-0.05, 0) is 42.7 Å². The molecular weight excluding hydrogens is 214 g/mol. The maximum Gasteiger partial charge on any atom is 0.0305 e. The first-order valence-corrected chi connectivity index (χ1v) is 7.45. The van der Waals surface area contributed by atoms with Gasteiger partial charge in [0, 0.05) is 17.5 Å². The highest BCUT2D eigenvalue weighted by Gasteiger charge is 2.22. The smallest absolute Gasteiger partial charge is 0.0305 e. The van der Waals surface area contributed by atoms with Crippen LogP contribution in [-0.4, -0.2) is 6.04 Å². The molecule has 1 aromatic heterocycles. The van der Waals surface area contributed by atoms with Crippen LogP contribution in [0.15, 0.2) is 11.4 Å². The Labute approximate surface area is 103 Å². The summed E-state index contributed by atoms with van der Waals surface area (Å²) in [6, 6.07) is 2.99. The minimum Gasteiger partial charge on any atom is -0.309 e. The summed E-state index contributed by atoms with van der Waals surface area (Å²) in [5, 5.41) is 5.98. The molecule has 2 rings (SSSR count). The Morgan fingerprint density at radius 2 is 2.19 bits per heavy atom. The molecule has 1 saturated carbocycles. The van der Waals surface area contributed by atoms with Crippen molar-refractivity contribution in [1.29, 1.82) is 0 Å². The molecule has 1 N–H and O–H groups in total. The van der Waals surface area contributed by atoms with Gasteiger partial charge in [-0.25, -0.2) is 0 Å². The molecule has 1 aromatic rings. The summed E-state index contributed by atoms with van der Waals surface area (Å²) < 4.78 is 0. The fourth-order valence-corrected chi connectivity index (χ4v) is 3.63. The predicted octanol–water partition coefficient (Wildman–Crippen LogP) is 4.11. The third kappa shape index (κ3) is 2.86. The number of aryl methyl sites for hydroxylation is 1. The van der Waals surface area contributed by atoms with Gasteiger partial charge >= 0.3 is 0 Å². The molecule has 0 spiro atoms. The molecule has 0 aliphatic heterocycles. The summed E-state index contributed by atoms with van der Waals surface area (Å²) in [7, 11) is 0. The van der Waals surface area contributed by atoms with Crippen LogP contribution in [0.25, 0.3) is 0 Å². The highest BCUT2D eigenvalue weighted by Crippen LogP contribution is 2.27. The maximum absolute atomic E-state index is 3.78. The largest absolute Gasteiger partial charge is 0.309 e. The van der Waals surface area contributed by atoms with Crippen molar-refractivity contribution in [2.75, 3.05) is 0 Å². The molecule has 1 heterocycles. The molecule has 0 radical (unpaired) electrons. The molecular formula is C14H23NS. The van der Waals surface area contributed by atoms with E-state index in [1.54, 1.807) is 0 Å². The van der Waals surface area contributed by atoms with Crippen LogP contribution in [0.2, 0.25) is 0 Å². The van der Waals surface area contributed by atoms with Crippen LogP contribution < -0.4 is 5.32 Å². The highest BCUT2D eigenvalue weighted by atomic mass is 32.1. The summed E-state index contributed by atoms with van der Waals surface area (Å²) in [4.78, 5) is 1.51. The summed E-state index contributed by atoms with van der Waals surface area (Å²) in [6.07, 6.45) is 6.99. The highest BCUT2D eigenvalue weighted by molar-refractivity contribution is 7.10. The van der Waals surface area contributed by atoms with Crippen molar-refractivity contribution < 1.29 is 0 Å². The van der Waals surface area contributed by atoms with Crippen LogP contribution >= 0.6 is 11.3 Å². The average molecular weight is 237 g/mol. The Kier molecular flexibility index (Phi) is 4.42. The van der Waals surface area contributed by atoms with Crippen LogP contribution in [0.5, 0.6) is 0 Å². The second kappa shape index (κ2) is 5.83. The van der Waals surface area contributed by atoms with Crippen LogP contribution in [0, 0.1) is 12.8 Å². The van der Waals surface area contributed by atoms with E-state index in [9.17, 15) is 0 Å². The van der Waals surface area contributed by atoms with Crippen molar-refractivity contribution in [3.63, 3.8) is 0 Å². The van der Waals surface area contributed by atoms with E-state index in [2.05, 4.69) is 30.6 Å². The lowest BCUT2D eigenvalue weighted by molar-refractivity contribution is 0.255. The molecule has 2 heteroatoms. The molecule has 0 amide bonds. The lowest BCUT2D eigenvalue weighted by Crippen LogP contribution is -2.37. The zero-order valence-corrected chi connectivity index (χ0v) is 11.3. The van der Waals surface area contributed by atoms with E-state index in [1.807, 2.05) is 11.3 Å². The minimum absolute atomic E-state index is 0.764. The van der Waals surface area contributed by atoms with E-state index >= 15 is 0 Å². The van der Waals surface area contributed by atoms with Gasteiger partial charge in [-0.1, -0.05) is 26.2 Å². The van der Waals surface area contributed by atoms with Gasteiger partial charge in [0.2, 0.25) is 0 Å². The van der Waals surface area contributed by atoms with Gasteiger partial charge in [-0.2, -0.15) is 0 Å². The van der Waals surface area contributed by atoms with Gasteiger partial charge in [0.1, 0.15) is 0 Å². The fourth-order valence-electron chi connectivity index (χ4n) is 2.77. The van der Waals surface area contributed by atoms with Gasteiger partial charge < -0.3 is 5.32 Å². The van der Waals surface area contributed by atoms with E-state index < -0.39 is 0 Å². The third-order valence-electron chi connectivity index (χ3n) is 3.93. The molecule has 0 aromatic carbocycles. The average Bonchev–Trinajstić information content (AvgIpc) is 2.72. The number of thiophene rings is 1. The fraction of sp³-hybridized carbons (Fsp3) is 0.714. The lowest BCUT2D eigenvalue weighted by Gasteiger charge is -2.31. The van der Waals surface area contributed by atoms with E-state index in [-0.39, 0.29) is 0 Å². The summed E-state index contributed by atoms with van der Waals surface area (Å²) in [6.45, 7) is 5.62. The van der Waals surface area contributed by atoms with Crippen molar-refractivity contribution in [2.24, 2.45) is 5.92 Å². The first kappa shape index (κ1) is 12.1. The van der Waals surface area contributed by atoms with Gasteiger partial charge in [-0.3, -0.25) is 0 Å². The van der Waals surface area contributed by atoms with E-state index in [0.29, 0.717) is 0 Å². The van der Waals surface area contributed by atoms with Gasteiger partial charge in [-0.15, -0.1) is 11.3 Å². The zero-order valence-electron chi connectivity index (χ0n) is 10.5. The molecule has 90 valence electrons. The van der Waals surface area contributed by atoms with Gasteiger partial charge in [0.15, 0.2) is 0 Å². The maximum atomic E-state index is 3.78. The Balaban J connectivity index is 1.86. The molecule has 2 atom stereocenters. The second-order valence-electron chi connectivity index (χ2n) is 4.97. The van der Waals surface area contributed by atoms with Crippen molar-refractivity contribution in [1.82, 2.24) is 5.32 Å². The van der Waals surface area contributed by atoms with Crippen molar-refractivity contribution >= 4 is 11.3 Å². The lowest BCUT2D eigenvalue weighted by atomic mass is 9.83. The van der Waals surface area contributed by atoms with Gasteiger partial charge in [0.25, 0.3) is 0 Å². The Morgan fingerprint density at radius 3 is 2.88 bits per heavy atom. The standard InChI is InChI=1S/C14H23NS/c1-3-12-6-4-5-7-13(12)15-10-14-11(2)8-9-16-14/h8-9,12-13,15H,3-7,10H2,1-2H3. The molecule has 16 heavy (non-hydrogen) atoms. The first-order valence-electron chi connectivity index (χ1n) is 6.57. The molecule has 0 saturated heterocycles. The summed E-state index contributed by atoms with van der Waals surface area (Å²) in [5.41, 5.74) is 1.45. The number of nitrogens with one attached hydrogen (secondary N) is 1. The topological polar surface area (TPSA) is 12.0 Å². The van der Waals surface area contributed by atoms with Crippen molar-refractivity contribution in [2.45, 2.75) is 58.5 Å². The molecule has 1 aliphatic rings. The van der Waals surface area contributed by atoms with Gasteiger partial charge in [0.05, 0.1) is 0 Å². The van der Waals surface area contributed by atoms with Crippen LogP contribution in [-0.2, 0) is 6.54 Å². The second-order valence-corrected chi connectivity index (χ2v) is 5.97. The normalized spacial score (nSPS) is 25.9.